The van der Waals surface area contributed by atoms with E-state index in [0.717, 1.165) is 33.6 Å². The van der Waals surface area contributed by atoms with E-state index in [9.17, 15) is 8.42 Å². The lowest BCUT2D eigenvalue weighted by molar-refractivity contribution is 0.141. The third-order valence-electron chi connectivity index (χ3n) is 7.11. The van der Waals surface area contributed by atoms with Crippen LogP contribution in [0.25, 0.3) is 10.9 Å². The number of methoxy groups -OCH3 is 1. The second-order valence-corrected chi connectivity index (χ2v) is 11.5. The van der Waals surface area contributed by atoms with Gasteiger partial charge in [-0.05, 0) is 44.2 Å². The zero-order valence-corrected chi connectivity index (χ0v) is 22.8. The van der Waals surface area contributed by atoms with Gasteiger partial charge in [-0.2, -0.15) is 4.31 Å². The van der Waals surface area contributed by atoms with Crippen LogP contribution in [0.4, 0.5) is 5.82 Å². The van der Waals surface area contributed by atoms with Crippen molar-refractivity contribution in [1.82, 2.24) is 19.2 Å². The van der Waals surface area contributed by atoms with Crippen molar-refractivity contribution in [2.75, 3.05) is 38.6 Å². The van der Waals surface area contributed by atoms with Crippen molar-refractivity contribution in [2.24, 2.45) is 0 Å². The molecule has 0 spiro atoms. The summed E-state index contributed by atoms with van der Waals surface area (Å²) >= 11 is 0. The van der Waals surface area contributed by atoms with Gasteiger partial charge in [-0.25, -0.2) is 18.4 Å². The van der Waals surface area contributed by atoms with E-state index in [1.54, 1.807) is 23.5 Å². The minimum absolute atomic E-state index is 0.0735. The lowest BCUT2D eigenvalue weighted by Gasteiger charge is -2.36. The number of aryl methyl sites for hydroxylation is 1. The van der Waals surface area contributed by atoms with Crippen LogP contribution in [0.5, 0.6) is 5.75 Å². The minimum atomic E-state index is -3.51. The number of hydrogen-bond acceptors (Lipinski definition) is 7. The van der Waals surface area contributed by atoms with Gasteiger partial charge in [0.2, 0.25) is 10.0 Å². The van der Waals surface area contributed by atoms with Gasteiger partial charge >= 0.3 is 0 Å². The lowest BCUT2D eigenvalue weighted by Crippen LogP contribution is -2.49. The van der Waals surface area contributed by atoms with Gasteiger partial charge in [0.1, 0.15) is 17.4 Å². The van der Waals surface area contributed by atoms with E-state index in [1.807, 2.05) is 67.6 Å². The van der Waals surface area contributed by atoms with Gasteiger partial charge in [-0.15, -0.1) is 0 Å². The van der Waals surface area contributed by atoms with Crippen molar-refractivity contribution >= 4 is 26.7 Å². The van der Waals surface area contributed by atoms with Crippen LogP contribution in [0.2, 0.25) is 0 Å². The molecule has 5 rings (SSSR count). The lowest BCUT2D eigenvalue weighted by atomic mass is 10.1. The molecule has 1 aliphatic rings. The average Bonchev–Trinajstić information content (AvgIpc) is 2.95. The maximum Gasteiger partial charge on any atom is 0.243 e. The number of rotatable bonds is 8. The monoisotopic (exact) mass is 531 g/mol. The van der Waals surface area contributed by atoms with E-state index in [1.165, 1.54) is 0 Å². The molecule has 2 heterocycles. The molecule has 3 aromatic carbocycles. The van der Waals surface area contributed by atoms with Gasteiger partial charge in [-0.3, -0.25) is 4.90 Å². The highest BCUT2D eigenvalue weighted by Crippen LogP contribution is 2.28. The van der Waals surface area contributed by atoms with Gasteiger partial charge in [0.25, 0.3) is 0 Å². The molecular formula is C29H33N5O3S. The normalized spacial score (nSPS) is 15.9. The Hall–Kier alpha value is -3.53. The van der Waals surface area contributed by atoms with Crippen molar-refractivity contribution < 1.29 is 13.2 Å². The maximum absolute atomic E-state index is 13.1. The molecule has 4 aromatic rings. The van der Waals surface area contributed by atoms with E-state index in [2.05, 4.69) is 17.1 Å². The van der Waals surface area contributed by atoms with Crippen molar-refractivity contribution in [1.29, 1.82) is 0 Å². The minimum Gasteiger partial charge on any atom is -0.496 e. The SMILES string of the molecule is COc1ccccc1CNc1nc(C(C)N2CCN(S(=O)(=O)c3ccc(C)cc3)CC2)nc2ccccc12. The van der Waals surface area contributed by atoms with Crippen molar-refractivity contribution in [3.8, 4) is 5.75 Å². The van der Waals surface area contributed by atoms with E-state index in [0.29, 0.717) is 43.4 Å². The largest absolute Gasteiger partial charge is 0.496 e. The fourth-order valence-electron chi connectivity index (χ4n) is 4.80. The second kappa shape index (κ2) is 11.1. The van der Waals surface area contributed by atoms with Crippen LogP contribution >= 0.6 is 0 Å². The van der Waals surface area contributed by atoms with Crippen LogP contribution in [-0.4, -0.2) is 60.9 Å². The van der Waals surface area contributed by atoms with Crippen LogP contribution in [-0.2, 0) is 16.6 Å². The highest BCUT2D eigenvalue weighted by Gasteiger charge is 2.31. The number of benzene rings is 3. The number of sulfonamides is 1. The highest BCUT2D eigenvalue weighted by molar-refractivity contribution is 7.89. The number of para-hydroxylation sites is 2. The molecule has 1 saturated heterocycles. The molecule has 1 aromatic heterocycles. The molecule has 1 N–H and O–H groups in total. The number of aromatic nitrogens is 2. The smallest absolute Gasteiger partial charge is 0.243 e. The number of fused-ring (bicyclic) bond motifs is 1. The molecule has 1 atom stereocenters. The Balaban J connectivity index is 1.33. The zero-order chi connectivity index (χ0) is 26.7. The Bertz CT molecular complexity index is 1520. The summed E-state index contributed by atoms with van der Waals surface area (Å²) < 4.78 is 33.3. The first-order chi connectivity index (χ1) is 18.4. The molecule has 0 bridgehead atoms. The number of hydrogen-bond donors (Lipinski definition) is 1. The summed E-state index contributed by atoms with van der Waals surface area (Å²) in [5.74, 6) is 2.30. The molecule has 1 aliphatic heterocycles. The Labute approximate surface area is 224 Å². The van der Waals surface area contributed by atoms with Crippen LogP contribution in [0.1, 0.15) is 29.9 Å². The topological polar surface area (TPSA) is 87.7 Å². The quantitative estimate of drug-likeness (QED) is 0.355. The zero-order valence-electron chi connectivity index (χ0n) is 22.0. The summed E-state index contributed by atoms with van der Waals surface area (Å²) in [7, 11) is -1.84. The molecular weight excluding hydrogens is 498 g/mol. The summed E-state index contributed by atoms with van der Waals surface area (Å²) in [6, 6.07) is 22.8. The summed E-state index contributed by atoms with van der Waals surface area (Å²) in [5, 5.41) is 4.44. The molecule has 9 heteroatoms. The van der Waals surface area contributed by atoms with E-state index < -0.39 is 10.0 Å². The Morgan fingerprint density at radius 3 is 2.34 bits per heavy atom. The number of ether oxygens (including phenoxy) is 1. The van der Waals surface area contributed by atoms with Crippen LogP contribution < -0.4 is 10.1 Å². The van der Waals surface area contributed by atoms with Gasteiger partial charge in [0.15, 0.2) is 0 Å². The number of nitrogens with zero attached hydrogens (tertiary/aromatic N) is 4. The highest BCUT2D eigenvalue weighted by atomic mass is 32.2. The third kappa shape index (κ3) is 5.36. The van der Waals surface area contributed by atoms with Crippen molar-refractivity contribution in [3.63, 3.8) is 0 Å². The Kier molecular flexibility index (Phi) is 7.60. The van der Waals surface area contributed by atoms with Gasteiger partial charge in [-0.1, -0.05) is 48.0 Å². The van der Waals surface area contributed by atoms with E-state index in [-0.39, 0.29) is 6.04 Å². The predicted molar refractivity (Wildman–Crippen MR) is 150 cm³/mol. The van der Waals surface area contributed by atoms with Gasteiger partial charge in [0, 0.05) is 43.7 Å². The average molecular weight is 532 g/mol. The first-order valence-electron chi connectivity index (χ1n) is 12.8. The summed E-state index contributed by atoms with van der Waals surface area (Å²) in [5.41, 5.74) is 2.94. The summed E-state index contributed by atoms with van der Waals surface area (Å²) in [6.07, 6.45) is 0. The van der Waals surface area contributed by atoms with E-state index >= 15 is 0 Å². The number of piperazine rings is 1. The molecule has 1 unspecified atom stereocenters. The van der Waals surface area contributed by atoms with Gasteiger partial charge in [0.05, 0.1) is 23.6 Å². The van der Waals surface area contributed by atoms with Crippen molar-refractivity contribution in [2.45, 2.75) is 31.3 Å². The third-order valence-corrected chi connectivity index (χ3v) is 9.03. The first kappa shape index (κ1) is 26.1. The van der Waals surface area contributed by atoms with Crippen LogP contribution in [0.15, 0.2) is 77.7 Å². The molecule has 8 nitrogen and oxygen atoms in total. The number of nitrogens with one attached hydrogen (secondary N) is 1. The molecule has 0 amide bonds. The van der Waals surface area contributed by atoms with Gasteiger partial charge < -0.3 is 10.1 Å². The molecule has 38 heavy (non-hydrogen) atoms. The molecule has 0 saturated carbocycles. The van der Waals surface area contributed by atoms with Crippen LogP contribution in [0, 0.1) is 6.92 Å². The second-order valence-electron chi connectivity index (χ2n) is 9.54. The first-order valence-corrected chi connectivity index (χ1v) is 14.2. The summed E-state index contributed by atoms with van der Waals surface area (Å²) in [4.78, 5) is 12.4. The fraction of sp³-hybridized carbons (Fsp3) is 0.310. The molecule has 1 fully saturated rings. The van der Waals surface area contributed by atoms with Crippen molar-refractivity contribution in [3.05, 3.63) is 89.7 Å². The van der Waals surface area contributed by atoms with Crippen LogP contribution in [0.3, 0.4) is 0 Å². The Morgan fingerprint density at radius 2 is 1.61 bits per heavy atom. The Morgan fingerprint density at radius 1 is 0.921 bits per heavy atom. The molecule has 0 radical (unpaired) electrons. The standard InChI is InChI=1S/C29H33N5O3S/c1-21-12-14-24(15-13-21)38(35,36)34-18-16-33(17-19-34)22(2)28-31-26-10-6-5-9-25(26)29(32-28)30-20-23-8-4-7-11-27(23)37-3/h4-15,22H,16-20H2,1-3H3,(H,30,31,32). The van der Waals surface area contributed by atoms with E-state index in [4.69, 9.17) is 14.7 Å². The predicted octanol–water partition coefficient (Wildman–Crippen LogP) is 4.63. The molecule has 198 valence electrons. The fourth-order valence-corrected chi connectivity index (χ4v) is 6.22. The maximum atomic E-state index is 13.1. The summed E-state index contributed by atoms with van der Waals surface area (Å²) in [6.45, 7) is 6.65. The molecule has 0 aliphatic carbocycles. The number of anilines is 1.